The summed E-state index contributed by atoms with van der Waals surface area (Å²) in [6.07, 6.45) is -1.50. The minimum absolute atomic E-state index is 0.310. The first-order chi connectivity index (χ1) is 7.49. The van der Waals surface area contributed by atoms with E-state index in [1.165, 1.54) is 0 Å². The van der Waals surface area contributed by atoms with Gasteiger partial charge >= 0.3 is 0 Å². The average Bonchev–Trinajstić information content (AvgIpc) is 2.53. The van der Waals surface area contributed by atoms with Gasteiger partial charge in [-0.3, -0.25) is 0 Å². The molecule has 1 saturated heterocycles. The lowest BCUT2D eigenvalue weighted by atomic mass is 10.3. The molecule has 1 fully saturated rings. The van der Waals surface area contributed by atoms with Gasteiger partial charge in [0.2, 0.25) is 0 Å². The fraction of sp³-hybridized carbons (Fsp3) is 0.600. The predicted octanol–water partition coefficient (Wildman–Crippen LogP) is 0.289. The molecule has 2 heterocycles. The van der Waals surface area contributed by atoms with E-state index in [9.17, 15) is 10.2 Å². The van der Waals surface area contributed by atoms with Gasteiger partial charge in [-0.1, -0.05) is 11.6 Å². The number of halogens is 1. The van der Waals surface area contributed by atoms with Crippen molar-refractivity contribution in [2.75, 3.05) is 18.0 Å². The summed E-state index contributed by atoms with van der Waals surface area (Å²) in [5.74, 6) is 0.528. The molecular weight excluding hydrogens is 230 g/mol. The Bertz CT molecular complexity index is 403. The molecule has 0 aliphatic carbocycles. The number of aliphatic hydroxyl groups is 2. The summed E-state index contributed by atoms with van der Waals surface area (Å²) in [6.45, 7) is 4.35. The van der Waals surface area contributed by atoms with E-state index >= 15 is 0 Å². The lowest BCUT2D eigenvalue weighted by Gasteiger charge is -2.18. The second-order valence-corrected chi connectivity index (χ2v) is 4.41. The first kappa shape index (κ1) is 11.6. The molecule has 2 N–H and O–H groups in total. The molecule has 0 amide bonds. The number of anilines is 1. The highest BCUT2D eigenvalue weighted by atomic mass is 35.5. The van der Waals surface area contributed by atoms with Gasteiger partial charge in [0.1, 0.15) is 0 Å². The molecule has 2 rings (SSSR count). The van der Waals surface area contributed by atoms with Crippen molar-refractivity contribution in [3.63, 3.8) is 0 Å². The second-order valence-electron chi connectivity index (χ2n) is 4.05. The number of nitrogens with zero attached hydrogens (tertiary/aromatic N) is 3. The summed E-state index contributed by atoms with van der Waals surface area (Å²) in [5.41, 5.74) is 1.59. The van der Waals surface area contributed by atoms with E-state index in [-0.39, 0.29) is 0 Å². The van der Waals surface area contributed by atoms with E-state index < -0.39 is 12.2 Å². The molecular formula is C10H14ClN3O2. The largest absolute Gasteiger partial charge is 0.389 e. The maximum atomic E-state index is 9.46. The molecule has 0 radical (unpaired) electrons. The fourth-order valence-corrected chi connectivity index (χ4v) is 2.00. The van der Waals surface area contributed by atoms with E-state index in [2.05, 4.69) is 9.97 Å². The third-order valence-corrected chi connectivity index (χ3v) is 3.06. The SMILES string of the molecule is Cc1nc(Cl)c(N2CC(O)C(O)C2)nc1C. The zero-order valence-electron chi connectivity index (χ0n) is 9.18. The minimum atomic E-state index is -0.750. The fourth-order valence-electron chi connectivity index (χ4n) is 1.71. The van der Waals surface area contributed by atoms with Crippen LogP contribution in [0.4, 0.5) is 5.82 Å². The Kier molecular flexibility index (Phi) is 3.01. The average molecular weight is 244 g/mol. The Hall–Kier alpha value is -0.910. The number of rotatable bonds is 1. The van der Waals surface area contributed by atoms with Crippen molar-refractivity contribution in [3.05, 3.63) is 16.5 Å². The predicted molar refractivity (Wildman–Crippen MR) is 60.7 cm³/mol. The number of hydrogen-bond donors (Lipinski definition) is 2. The molecule has 1 aromatic rings. The summed E-state index contributed by atoms with van der Waals surface area (Å²) in [5, 5.41) is 19.2. The van der Waals surface area contributed by atoms with Crippen LogP contribution in [0.25, 0.3) is 0 Å². The summed E-state index contributed by atoms with van der Waals surface area (Å²) in [4.78, 5) is 10.2. The number of aromatic nitrogens is 2. The molecule has 16 heavy (non-hydrogen) atoms. The zero-order valence-corrected chi connectivity index (χ0v) is 9.94. The Morgan fingerprint density at radius 2 is 1.62 bits per heavy atom. The third kappa shape index (κ3) is 1.98. The van der Waals surface area contributed by atoms with Crippen LogP contribution in [-0.4, -0.2) is 45.5 Å². The maximum Gasteiger partial charge on any atom is 0.171 e. The van der Waals surface area contributed by atoms with Gasteiger partial charge in [0.05, 0.1) is 23.6 Å². The number of hydrogen-bond acceptors (Lipinski definition) is 5. The van der Waals surface area contributed by atoms with Gasteiger partial charge in [-0.15, -0.1) is 0 Å². The molecule has 88 valence electrons. The van der Waals surface area contributed by atoms with E-state index in [1.54, 1.807) is 4.90 Å². The van der Waals surface area contributed by atoms with Crippen molar-refractivity contribution in [1.82, 2.24) is 9.97 Å². The molecule has 1 aliphatic rings. The quantitative estimate of drug-likeness (QED) is 0.742. The van der Waals surface area contributed by atoms with Gasteiger partial charge in [0.25, 0.3) is 0 Å². The van der Waals surface area contributed by atoms with Gasteiger partial charge in [-0.25, -0.2) is 9.97 Å². The highest BCUT2D eigenvalue weighted by Gasteiger charge is 2.31. The summed E-state index contributed by atoms with van der Waals surface area (Å²) >= 11 is 6.00. The molecule has 6 heteroatoms. The molecule has 1 aliphatic heterocycles. The van der Waals surface area contributed by atoms with Crippen LogP contribution in [0.1, 0.15) is 11.4 Å². The van der Waals surface area contributed by atoms with Crippen molar-refractivity contribution >= 4 is 17.4 Å². The topological polar surface area (TPSA) is 69.5 Å². The van der Waals surface area contributed by atoms with Crippen LogP contribution in [-0.2, 0) is 0 Å². The molecule has 0 spiro atoms. The lowest BCUT2D eigenvalue weighted by molar-refractivity contribution is 0.0572. The standard InChI is InChI=1S/C10H14ClN3O2/c1-5-6(2)13-10(9(11)12-5)14-3-7(15)8(16)4-14/h7-8,15-16H,3-4H2,1-2H3. The van der Waals surface area contributed by atoms with Crippen LogP contribution in [0.3, 0.4) is 0 Å². The first-order valence-corrected chi connectivity index (χ1v) is 5.48. The lowest BCUT2D eigenvalue weighted by Crippen LogP contribution is -2.23. The van der Waals surface area contributed by atoms with Gasteiger partial charge in [-0.05, 0) is 13.8 Å². The number of aliphatic hydroxyl groups excluding tert-OH is 2. The monoisotopic (exact) mass is 243 g/mol. The normalized spacial score (nSPS) is 25.2. The van der Waals surface area contributed by atoms with Crippen LogP contribution >= 0.6 is 11.6 Å². The molecule has 1 aromatic heterocycles. The Balaban J connectivity index is 2.31. The van der Waals surface area contributed by atoms with Crippen LogP contribution in [0.5, 0.6) is 0 Å². The van der Waals surface area contributed by atoms with Gasteiger partial charge < -0.3 is 15.1 Å². The smallest absolute Gasteiger partial charge is 0.171 e. The van der Waals surface area contributed by atoms with Crippen LogP contribution in [0, 0.1) is 13.8 Å². The van der Waals surface area contributed by atoms with Crippen LogP contribution < -0.4 is 4.90 Å². The van der Waals surface area contributed by atoms with Crippen LogP contribution in [0.15, 0.2) is 0 Å². The van der Waals surface area contributed by atoms with Crippen molar-refractivity contribution in [2.45, 2.75) is 26.1 Å². The highest BCUT2D eigenvalue weighted by Crippen LogP contribution is 2.26. The number of aryl methyl sites for hydroxylation is 2. The molecule has 0 saturated carbocycles. The Labute approximate surface area is 98.7 Å². The van der Waals surface area contributed by atoms with Gasteiger partial charge in [0.15, 0.2) is 11.0 Å². The van der Waals surface area contributed by atoms with Gasteiger partial charge in [-0.2, -0.15) is 0 Å². The van der Waals surface area contributed by atoms with Crippen molar-refractivity contribution < 1.29 is 10.2 Å². The molecule has 2 atom stereocenters. The summed E-state index contributed by atoms with van der Waals surface area (Å²) in [7, 11) is 0. The first-order valence-electron chi connectivity index (χ1n) is 5.11. The number of β-amino-alcohol motifs (C(OH)–C–C–N with tert-alkyl or cyclic N) is 2. The molecule has 0 bridgehead atoms. The zero-order chi connectivity index (χ0) is 11.9. The Morgan fingerprint density at radius 1 is 1.12 bits per heavy atom. The maximum absolute atomic E-state index is 9.46. The molecule has 0 aromatic carbocycles. The van der Waals surface area contributed by atoms with Crippen molar-refractivity contribution in [3.8, 4) is 0 Å². The van der Waals surface area contributed by atoms with E-state index in [1.807, 2.05) is 13.8 Å². The van der Waals surface area contributed by atoms with E-state index in [0.29, 0.717) is 24.1 Å². The van der Waals surface area contributed by atoms with E-state index in [4.69, 9.17) is 11.6 Å². The van der Waals surface area contributed by atoms with Crippen molar-refractivity contribution in [2.24, 2.45) is 0 Å². The summed E-state index contributed by atoms with van der Waals surface area (Å²) < 4.78 is 0. The second kappa shape index (κ2) is 4.16. The summed E-state index contributed by atoms with van der Waals surface area (Å²) in [6, 6.07) is 0. The van der Waals surface area contributed by atoms with Crippen LogP contribution in [0.2, 0.25) is 5.15 Å². The Morgan fingerprint density at radius 3 is 2.19 bits per heavy atom. The van der Waals surface area contributed by atoms with Gasteiger partial charge in [0, 0.05) is 13.1 Å². The molecule has 2 unspecified atom stereocenters. The van der Waals surface area contributed by atoms with Crippen molar-refractivity contribution in [1.29, 1.82) is 0 Å². The highest BCUT2D eigenvalue weighted by molar-refractivity contribution is 6.31. The van der Waals surface area contributed by atoms with E-state index in [0.717, 1.165) is 11.4 Å². The minimum Gasteiger partial charge on any atom is -0.389 e. The third-order valence-electron chi connectivity index (χ3n) is 2.81. The molecule has 5 nitrogen and oxygen atoms in total.